The maximum atomic E-state index is 11.6. The smallest absolute Gasteiger partial charge is 0.325 e. The van der Waals surface area contributed by atoms with E-state index in [9.17, 15) is 9.59 Å². The van der Waals surface area contributed by atoms with Gasteiger partial charge in [0.25, 0.3) is 0 Å². The first-order valence-electron chi connectivity index (χ1n) is 5.59. The number of carboxylic acids is 1. The van der Waals surface area contributed by atoms with E-state index in [1.165, 1.54) is 6.92 Å². The fourth-order valence-corrected chi connectivity index (χ4v) is 1.74. The summed E-state index contributed by atoms with van der Waals surface area (Å²) < 4.78 is 5.41. The second-order valence-corrected chi connectivity index (χ2v) is 4.08. The molecule has 6 heteroatoms. The number of hydrogen-bond donors (Lipinski definition) is 3. The molecule has 0 saturated heterocycles. The molecule has 0 saturated carbocycles. The third kappa shape index (κ3) is 2.53. The van der Waals surface area contributed by atoms with E-state index in [2.05, 4.69) is 10.6 Å². The number of carbonyl (C=O) groups excluding carboxylic acids is 1. The average molecular weight is 250 g/mol. The molecule has 0 aromatic heterocycles. The van der Waals surface area contributed by atoms with Gasteiger partial charge in [0, 0.05) is 5.56 Å². The molecule has 1 aliphatic rings. The van der Waals surface area contributed by atoms with Gasteiger partial charge in [0.05, 0.1) is 6.04 Å². The van der Waals surface area contributed by atoms with E-state index in [1.807, 2.05) is 24.3 Å². The Morgan fingerprint density at radius 1 is 1.44 bits per heavy atom. The Bertz CT molecular complexity index is 475. The molecule has 0 radical (unpaired) electrons. The van der Waals surface area contributed by atoms with E-state index in [0.29, 0.717) is 6.61 Å². The standard InChI is InChI=1S/C12H14N2O4/c1-7(11(15)16)13-12(17)14-9-6-18-10-5-3-2-4-8(9)10/h2-5,7,9H,6H2,1H3,(H,15,16)(H2,13,14,17)/t7-,9?/m1/s1. The van der Waals surface area contributed by atoms with Crippen molar-refractivity contribution in [2.24, 2.45) is 0 Å². The largest absolute Gasteiger partial charge is 0.491 e. The van der Waals surface area contributed by atoms with Gasteiger partial charge < -0.3 is 20.5 Å². The molecule has 3 N–H and O–H groups in total. The summed E-state index contributed by atoms with van der Waals surface area (Å²) in [5.41, 5.74) is 0.899. The van der Waals surface area contributed by atoms with Crippen molar-refractivity contribution in [2.45, 2.75) is 19.0 Å². The molecule has 2 rings (SSSR count). The molecule has 1 aromatic carbocycles. The summed E-state index contributed by atoms with van der Waals surface area (Å²) in [4.78, 5) is 22.2. The number of hydrogen-bond acceptors (Lipinski definition) is 3. The van der Waals surface area contributed by atoms with Crippen LogP contribution in [-0.2, 0) is 4.79 Å². The first-order valence-corrected chi connectivity index (χ1v) is 5.59. The number of fused-ring (bicyclic) bond motifs is 1. The second kappa shape index (κ2) is 4.95. The molecular formula is C12H14N2O4. The Morgan fingerprint density at radius 2 is 2.17 bits per heavy atom. The van der Waals surface area contributed by atoms with Crippen molar-refractivity contribution in [3.63, 3.8) is 0 Å². The minimum absolute atomic E-state index is 0.248. The number of benzene rings is 1. The summed E-state index contributed by atoms with van der Waals surface area (Å²) in [5.74, 6) is -0.331. The number of ether oxygens (including phenoxy) is 1. The molecule has 1 heterocycles. The maximum absolute atomic E-state index is 11.6. The predicted molar refractivity (Wildman–Crippen MR) is 63.4 cm³/mol. The highest BCUT2D eigenvalue weighted by Gasteiger charge is 2.25. The van der Waals surface area contributed by atoms with Gasteiger partial charge in [0.15, 0.2) is 0 Å². The van der Waals surface area contributed by atoms with E-state index in [4.69, 9.17) is 9.84 Å². The number of nitrogens with one attached hydrogen (secondary N) is 2. The van der Waals surface area contributed by atoms with Crippen LogP contribution in [-0.4, -0.2) is 29.8 Å². The normalized spacial score (nSPS) is 18.4. The van der Waals surface area contributed by atoms with Crippen LogP contribution in [0.3, 0.4) is 0 Å². The number of carbonyl (C=O) groups is 2. The van der Waals surface area contributed by atoms with Crippen LogP contribution in [0.25, 0.3) is 0 Å². The Hall–Kier alpha value is -2.24. The lowest BCUT2D eigenvalue weighted by molar-refractivity contribution is -0.138. The number of amides is 2. The highest BCUT2D eigenvalue weighted by atomic mass is 16.5. The lowest BCUT2D eigenvalue weighted by Crippen LogP contribution is -2.45. The molecule has 0 spiro atoms. The first kappa shape index (κ1) is 12.2. The number of rotatable bonds is 3. The molecule has 0 bridgehead atoms. The van der Waals surface area contributed by atoms with Gasteiger partial charge in [-0.1, -0.05) is 18.2 Å². The van der Waals surface area contributed by atoms with E-state index in [-0.39, 0.29) is 6.04 Å². The molecule has 0 fully saturated rings. The van der Waals surface area contributed by atoms with Crippen LogP contribution < -0.4 is 15.4 Å². The summed E-state index contributed by atoms with van der Waals surface area (Å²) in [6, 6.07) is 5.72. The Morgan fingerprint density at radius 3 is 2.89 bits per heavy atom. The average Bonchev–Trinajstić information content (AvgIpc) is 2.72. The van der Waals surface area contributed by atoms with Crippen molar-refractivity contribution in [2.75, 3.05) is 6.61 Å². The van der Waals surface area contributed by atoms with Crippen molar-refractivity contribution in [1.82, 2.24) is 10.6 Å². The lowest BCUT2D eigenvalue weighted by atomic mass is 10.1. The van der Waals surface area contributed by atoms with Crippen LogP contribution >= 0.6 is 0 Å². The SMILES string of the molecule is C[C@@H](NC(=O)NC1COc2ccccc21)C(=O)O. The van der Waals surface area contributed by atoms with E-state index in [1.54, 1.807) is 0 Å². The number of urea groups is 1. The highest BCUT2D eigenvalue weighted by molar-refractivity contribution is 5.82. The topological polar surface area (TPSA) is 87.7 Å². The maximum Gasteiger partial charge on any atom is 0.325 e. The van der Waals surface area contributed by atoms with Crippen molar-refractivity contribution < 1.29 is 19.4 Å². The third-order valence-corrected chi connectivity index (χ3v) is 2.72. The fourth-order valence-electron chi connectivity index (χ4n) is 1.74. The molecule has 96 valence electrons. The van der Waals surface area contributed by atoms with E-state index < -0.39 is 18.0 Å². The van der Waals surface area contributed by atoms with Gasteiger partial charge in [-0.3, -0.25) is 4.79 Å². The summed E-state index contributed by atoms with van der Waals surface area (Å²) in [7, 11) is 0. The lowest BCUT2D eigenvalue weighted by Gasteiger charge is -2.14. The molecule has 2 amide bonds. The molecule has 1 unspecified atom stereocenters. The Balaban J connectivity index is 1.96. The Labute approximate surface area is 104 Å². The highest BCUT2D eigenvalue weighted by Crippen LogP contribution is 2.31. The summed E-state index contributed by atoms with van der Waals surface area (Å²) >= 11 is 0. The zero-order valence-electron chi connectivity index (χ0n) is 9.84. The van der Waals surface area contributed by atoms with Crippen LogP contribution in [0.1, 0.15) is 18.5 Å². The number of para-hydroxylation sites is 1. The predicted octanol–water partition coefficient (Wildman–Crippen LogP) is 0.892. The number of aliphatic carboxylic acids is 1. The minimum Gasteiger partial charge on any atom is -0.491 e. The van der Waals surface area contributed by atoms with Crippen molar-refractivity contribution in [1.29, 1.82) is 0 Å². The molecule has 1 aromatic rings. The van der Waals surface area contributed by atoms with Gasteiger partial charge in [-0.05, 0) is 13.0 Å². The quantitative estimate of drug-likeness (QED) is 0.743. The van der Waals surface area contributed by atoms with Gasteiger partial charge >= 0.3 is 12.0 Å². The van der Waals surface area contributed by atoms with Crippen molar-refractivity contribution in [3.8, 4) is 5.75 Å². The van der Waals surface area contributed by atoms with Gasteiger partial charge in [0.2, 0.25) is 0 Å². The van der Waals surface area contributed by atoms with Gasteiger partial charge in [0.1, 0.15) is 18.4 Å². The summed E-state index contributed by atoms with van der Waals surface area (Å²) in [6.07, 6.45) is 0. The zero-order chi connectivity index (χ0) is 13.1. The number of carboxylic acid groups (broad SMARTS) is 1. The summed E-state index contributed by atoms with van der Waals surface area (Å²) in [6.45, 7) is 1.76. The van der Waals surface area contributed by atoms with Crippen LogP contribution in [0.5, 0.6) is 5.75 Å². The monoisotopic (exact) mass is 250 g/mol. The Kier molecular flexibility index (Phi) is 3.36. The molecule has 6 nitrogen and oxygen atoms in total. The van der Waals surface area contributed by atoms with Crippen LogP contribution in [0.2, 0.25) is 0 Å². The molecule has 0 aliphatic carbocycles. The van der Waals surface area contributed by atoms with Crippen molar-refractivity contribution in [3.05, 3.63) is 29.8 Å². The van der Waals surface area contributed by atoms with Crippen LogP contribution in [0, 0.1) is 0 Å². The van der Waals surface area contributed by atoms with Gasteiger partial charge in [-0.15, -0.1) is 0 Å². The van der Waals surface area contributed by atoms with Gasteiger partial charge in [-0.25, -0.2) is 4.79 Å². The molecule has 1 aliphatic heterocycles. The minimum atomic E-state index is -1.08. The molecule has 18 heavy (non-hydrogen) atoms. The fraction of sp³-hybridized carbons (Fsp3) is 0.333. The van der Waals surface area contributed by atoms with Crippen molar-refractivity contribution >= 4 is 12.0 Å². The van der Waals surface area contributed by atoms with Crippen LogP contribution in [0.4, 0.5) is 4.79 Å². The van der Waals surface area contributed by atoms with Crippen LogP contribution in [0.15, 0.2) is 24.3 Å². The second-order valence-electron chi connectivity index (χ2n) is 4.08. The van der Waals surface area contributed by atoms with E-state index >= 15 is 0 Å². The van der Waals surface area contributed by atoms with E-state index in [0.717, 1.165) is 11.3 Å². The molecular weight excluding hydrogens is 236 g/mol. The molecule has 2 atom stereocenters. The zero-order valence-corrected chi connectivity index (χ0v) is 9.84. The third-order valence-electron chi connectivity index (χ3n) is 2.72. The van der Waals surface area contributed by atoms with Gasteiger partial charge in [-0.2, -0.15) is 0 Å². The first-order chi connectivity index (χ1) is 8.58. The summed E-state index contributed by atoms with van der Waals surface area (Å²) in [5, 5.41) is 13.7.